The fourth-order valence-electron chi connectivity index (χ4n) is 1.53. The van der Waals surface area contributed by atoms with E-state index in [0.717, 1.165) is 10.2 Å². The van der Waals surface area contributed by atoms with Crippen LogP contribution >= 0.6 is 22.9 Å². The highest BCUT2D eigenvalue weighted by atomic mass is 35.5. The Bertz CT molecular complexity index is 724. The minimum Gasteiger partial charge on any atom is -0.459 e. The largest absolute Gasteiger partial charge is 0.459 e. The quantitative estimate of drug-likeness (QED) is 0.727. The molecule has 2 heterocycles. The lowest BCUT2D eigenvalue weighted by molar-refractivity contribution is 0.0935. The fourth-order valence-corrected chi connectivity index (χ4v) is 2.63. The van der Waals surface area contributed by atoms with Gasteiger partial charge in [-0.25, -0.2) is 4.98 Å². The van der Waals surface area contributed by atoms with Gasteiger partial charge in [-0.1, -0.05) is 22.9 Å². The topological polar surface area (TPSA) is 67.2 Å². The van der Waals surface area contributed by atoms with E-state index >= 15 is 0 Å². The molecule has 19 heavy (non-hydrogen) atoms. The average Bonchev–Trinajstić information content (AvgIpc) is 3.04. The zero-order valence-corrected chi connectivity index (χ0v) is 11.1. The number of carbonyl (C=O) groups is 1. The minimum absolute atomic E-state index is 0.233. The standard InChI is InChI=1S/C12H8ClN3O2S/c13-7-3-4-8-10(6-7)19-12(14-8)16-15-11(17)9-2-1-5-18-9/h1-6H,(H,14,16)(H,15,17). The Kier molecular flexibility index (Phi) is 3.10. The fraction of sp³-hybridized carbons (Fsp3) is 0. The SMILES string of the molecule is O=C(NNc1nc2ccc(Cl)cc2s1)c1ccco1. The number of rotatable bonds is 3. The second-order valence-corrected chi connectivity index (χ2v) is 5.15. The maximum absolute atomic E-state index is 11.6. The number of halogens is 1. The molecule has 96 valence electrons. The summed E-state index contributed by atoms with van der Waals surface area (Å²) in [5.74, 6) is -0.126. The molecule has 2 N–H and O–H groups in total. The van der Waals surface area contributed by atoms with E-state index in [2.05, 4.69) is 15.8 Å². The monoisotopic (exact) mass is 293 g/mol. The highest BCUT2D eigenvalue weighted by molar-refractivity contribution is 7.22. The van der Waals surface area contributed by atoms with Crippen molar-refractivity contribution in [3.63, 3.8) is 0 Å². The molecule has 0 atom stereocenters. The maximum Gasteiger partial charge on any atom is 0.305 e. The van der Waals surface area contributed by atoms with Crippen molar-refractivity contribution < 1.29 is 9.21 Å². The summed E-state index contributed by atoms with van der Waals surface area (Å²) in [6.07, 6.45) is 1.44. The van der Waals surface area contributed by atoms with Gasteiger partial charge >= 0.3 is 5.91 Å². The van der Waals surface area contributed by atoms with Gasteiger partial charge in [0.1, 0.15) is 0 Å². The molecule has 3 aromatic rings. The average molecular weight is 294 g/mol. The number of aromatic nitrogens is 1. The number of thiazole rings is 1. The molecule has 0 fully saturated rings. The molecular formula is C12H8ClN3O2S. The predicted molar refractivity (Wildman–Crippen MR) is 74.4 cm³/mol. The van der Waals surface area contributed by atoms with Gasteiger partial charge in [0.25, 0.3) is 0 Å². The number of hydrazine groups is 1. The van der Waals surface area contributed by atoms with Crippen LogP contribution in [0.3, 0.4) is 0 Å². The second-order valence-electron chi connectivity index (χ2n) is 3.69. The summed E-state index contributed by atoms with van der Waals surface area (Å²) in [6, 6.07) is 8.65. The molecule has 0 saturated heterocycles. The highest BCUT2D eigenvalue weighted by Crippen LogP contribution is 2.27. The van der Waals surface area contributed by atoms with Gasteiger partial charge in [0, 0.05) is 5.02 Å². The molecule has 0 bridgehead atoms. The van der Waals surface area contributed by atoms with E-state index in [1.165, 1.54) is 17.6 Å². The molecule has 2 aromatic heterocycles. The Morgan fingerprint density at radius 1 is 1.37 bits per heavy atom. The number of anilines is 1. The van der Waals surface area contributed by atoms with Crippen LogP contribution in [-0.4, -0.2) is 10.9 Å². The van der Waals surface area contributed by atoms with Crippen LogP contribution in [0.25, 0.3) is 10.2 Å². The molecule has 0 unspecified atom stereocenters. The number of amides is 1. The van der Waals surface area contributed by atoms with E-state index in [1.54, 1.807) is 18.2 Å². The van der Waals surface area contributed by atoms with E-state index in [9.17, 15) is 4.79 Å². The van der Waals surface area contributed by atoms with Crippen molar-refractivity contribution in [3.05, 3.63) is 47.4 Å². The maximum atomic E-state index is 11.6. The third kappa shape index (κ3) is 2.54. The number of furan rings is 1. The van der Waals surface area contributed by atoms with Crippen molar-refractivity contribution in [2.24, 2.45) is 0 Å². The van der Waals surface area contributed by atoms with Crippen LogP contribution in [0.2, 0.25) is 5.02 Å². The molecule has 7 heteroatoms. The first-order chi connectivity index (χ1) is 9.22. The molecule has 0 saturated carbocycles. The number of fused-ring (bicyclic) bond motifs is 1. The van der Waals surface area contributed by atoms with Crippen molar-refractivity contribution in [3.8, 4) is 0 Å². The molecule has 0 radical (unpaired) electrons. The van der Waals surface area contributed by atoms with Crippen LogP contribution < -0.4 is 10.9 Å². The van der Waals surface area contributed by atoms with Crippen LogP contribution in [0.1, 0.15) is 10.6 Å². The molecule has 1 aromatic carbocycles. The summed E-state index contributed by atoms with van der Waals surface area (Å²) in [5.41, 5.74) is 6.08. The summed E-state index contributed by atoms with van der Waals surface area (Å²) in [4.78, 5) is 15.9. The van der Waals surface area contributed by atoms with Gasteiger partial charge < -0.3 is 4.42 Å². The van der Waals surface area contributed by atoms with Gasteiger partial charge in [0.15, 0.2) is 5.76 Å². The number of hydrogen-bond acceptors (Lipinski definition) is 5. The molecule has 5 nitrogen and oxygen atoms in total. The summed E-state index contributed by atoms with van der Waals surface area (Å²) >= 11 is 7.30. The van der Waals surface area contributed by atoms with Crippen LogP contribution in [0, 0.1) is 0 Å². The summed E-state index contributed by atoms with van der Waals surface area (Å²) in [6.45, 7) is 0. The Morgan fingerprint density at radius 2 is 2.26 bits per heavy atom. The van der Waals surface area contributed by atoms with Gasteiger partial charge in [-0.15, -0.1) is 0 Å². The van der Waals surface area contributed by atoms with E-state index in [-0.39, 0.29) is 11.7 Å². The zero-order valence-electron chi connectivity index (χ0n) is 9.51. The Balaban J connectivity index is 1.73. The summed E-state index contributed by atoms with van der Waals surface area (Å²) in [5, 5.41) is 1.24. The lowest BCUT2D eigenvalue weighted by Crippen LogP contribution is -2.28. The van der Waals surface area contributed by atoms with Gasteiger partial charge in [-0.05, 0) is 30.3 Å². The number of nitrogens with one attached hydrogen (secondary N) is 2. The number of hydrogen-bond donors (Lipinski definition) is 2. The molecule has 3 rings (SSSR count). The van der Waals surface area contributed by atoms with Crippen LogP contribution in [0.4, 0.5) is 5.13 Å². The third-order valence-electron chi connectivity index (χ3n) is 2.38. The predicted octanol–water partition coefficient (Wildman–Crippen LogP) is 3.30. The van der Waals surface area contributed by atoms with E-state index in [0.29, 0.717) is 10.2 Å². The number of benzene rings is 1. The van der Waals surface area contributed by atoms with Crippen molar-refractivity contribution >= 4 is 44.2 Å². The second kappa shape index (κ2) is 4.91. The molecule has 0 spiro atoms. The highest BCUT2D eigenvalue weighted by Gasteiger charge is 2.09. The number of nitrogens with zero attached hydrogens (tertiary/aromatic N) is 1. The lowest BCUT2D eigenvalue weighted by Gasteiger charge is -2.02. The van der Waals surface area contributed by atoms with Gasteiger partial charge in [-0.3, -0.25) is 15.6 Å². The summed E-state index contributed by atoms with van der Waals surface area (Å²) < 4.78 is 5.92. The number of carbonyl (C=O) groups excluding carboxylic acids is 1. The van der Waals surface area contributed by atoms with Crippen LogP contribution in [0.5, 0.6) is 0 Å². The molecule has 0 aliphatic heterocycles. The van der Waals surface area contributed by atoms with E-state index in [1.807, 2.05) is 12.1 Å². The molecule has 0 aliphatic carbocycles. The van der Waals surface area contributed by atoms with Crippen molar-refractivity contribution in [1.82, 2.24) is 10.4 Å². The minimum atomic E-state index is -0.359. The molecule has 0 aliphatic rings. The lowest BCUT2D eigenvalue weighted by atomic mass is 10.3. The normalized spacial score (nSPS) is 10.6. The Morgan fingerprint density at radius 3 is 3.05 bits per heavy atom. The zero-order chi connectivity index (χ0) is 13.2. The smallest absolute Gasteiger partial charge is 0.305 e. The third-order valence-corrected chi connectivity index (χ3v) is 3.55. The van der Waals surface area contributed by atoms with Crippen molar-refractivity contribution in [1.29, 1.82) is 0 Å². The first-order valence-corrected chi connectivity index (χ1v) is 6.58. The van der Waals surface area contributed by atoms with E-state index < -0.39 is 0 Å². The van der Waals surface area contributed by atoms with Crippen LogP contribution in [-0.2, 0) is 0 Å². The molecular weight excluding hydrogens is 286 g/mol. The van der Waals surface area contributed by atoms with Gasteiger partial charge in [-0.2, -0.15) is 0 Å². The summed E-state index contributed by atoms with van der Waals surface area (Å²) in [7, 11) is 0. The van der Waals surface area contributed by atoms with Crippen molar-refractivity contribution in [2.75, 3.05) is 5.43 Å². The van der Waals surface area contributed by atoms with Gasteiger partial charge in [0.2, 0.25) is 5.13 Å². The Hall–Kier alpha value is -2.05. The van der Waals surface area contributed by atoms with Gasteiger partial charge in [0.05, 0.1) is 16.5 Å². The first-order valence-electron chi connectivity index (χ1n) is 5.38. The Labute approximate surface area is 117 Å². The molecule has 1 amide bonds. The van der Waals surface area contributed by atoms with Crippen LogP contribution in [0.15, 0.2) is 41.0 Å². The van der Waals surface area contributed by atoms with Crippen molar-refractivity contribution in [2.45, 2.75) is 0 Å². The first kappa shape index (κ1) is 12.0. The van der Waals surface area contributed by atoms with E-state index in [4.69, 9.17) is 16.0 Å².